The SMILES string of the molecule is CC(C)CN1C[C@@]23C=C[C@@H](O2)[C@@H](C(=O)OCc2ccccc2)[C@H]3C1=O. The van der Waals surface area contributed by atoms with Crippen LogP contribution in [0.3, 0.4) is 0 Å². The van der Waals surface area contributed by atoms with Gasteiger partial charge >= 0.3 is 5.97 Å². The molecular formula is C20H23NO4. The average molecular weight is 341 g/mol. The molecule has 2 bridgehead atoms. The Labute approximate surface area is 147 Å². The van der Waals surface area contributed by atoms with Crippen LogP contribution in [0.4, 0.5) is 0 Å². The van der Waals surface area contributed by atoms with E-state index in [-0.39, 0.29) is 24.6 Å². The monoisotopic (exact) mass is 341 g/mol. The molecule has 0 radical (unpaired) electrons. The summed E-state index contributed by atoms with van der Waals surface area (Å²) in [6.45, 7) is 5.60. The van der Waals surface area contributed by atoms with Crippen molar-refractivity contribution in [2.45, 2.75) is 32.2 Å². The molecule has 2 fully saturated rings. The first kappa shape index (κ1) is 16.3. The lowest BCUT2D eigenvalue weighted by atomic mass is 9.77. The zero-order valence-corrected chi connectivity index (χ0v) is 14.6. The van der Waals surface area contributed by atoms with Gasteiger partial charge in [0.1, 0.15) is 18.1 Å². The smallest absolute Gasteiger partial charge is 0.313 e. The molecule has 3 aliphatic heterocycles. The largest absolute Gasteiger partial charge is 0.460 e. The van der Waals surface area contributed by atoms with Gasteiger partial charge in [0.05, 0.1) is 18.6 Å². The molecule has 2 saturated heterocycles. The molecule has 0 saturated carbocycles. The summed E-state index contributed by atoms with van der Waals surface area (Å²) >= 11 is 0. The predicted octanol–water partition coefficient (Wildman–Crippen LogP) is 2.17. The van der Waals surface area contributed by atoms with Crippen molar-refractivity contribution < 1.29 is 19.1 Å². The Hall–Kier alpha value is -2.14. The van der Waals surface area contributed by atoms with Crippen LogP contribution in [-0.2, 0) is 25.7 Å². The molecule has 1 spiro atoms. The highest BCUT2D eigenvalue weighted by Crippen LogP contribution is 2.52. The van der Waals surface area contributed by atoms with Gasteiger partial charge in [0.25, 0.3) is 0 Å². The molecule has 25 heavy (non-hydrogen) atoms. The lowest BCUT2D eigenvalue weighted by molar-refractivity contribution is -0.155. The molecule has 1 aromatic rings. The third kappa shape index (κ3) is 2.67. The minimum atomic E-state index is -0.646. The molecule has 0 N–H and O–H groups in total. The summed E-state index contributed by atoms with van der Waals surface area (Å²) in [5, 5.41) is 0. The molecule has 3 heterocycles. The third-order valence-corrected chi connectivity index (χ3v) is 5.26. The Bertz CT molecular complexity index is 714. The van der Waals surface area contributed by atoms with Crippen LogP contribution in [0.1, 0.15) is 19.4 Å². The number of hydrogen-bond donors (Lipinski definition) is 0. The number of likely N-dealkylation sites (tertiary alicyclic amines) is 1. The Morgan fingerprint density at radius 1 is 1.36 bits per heavy atom. The van der Waals surface area contributed by atoms with Crippen LogP contribution in [0.25, 0.3) is 0 Å². The molecular weight excluding hydrogens is 318 g/mol. The standard InChI is InChI=1S/C20H23NO4/c1-13(2)10-21-12-20-9-8-15(25-20)16(17(20)18(21)22)19(23)24-11-14-6-4-3-5-7-14/h3-9,13,15-17H,10-12H2,1-2H3/t15-,16-,17+,20-/m1/s1. The van der Waals surface area contributed by atoms with Crippen LogP contribution in [0.5, 0.6) is 0 Å². The predicted molar refractivity (Wildman–Crippen MR) is 91.4 cm³/mol. The highest BCUT2D eigenvalue weighted by molar-refractivity contribution is 5.91. The number of amides is 1. The number of hydrogen-bond acceptors (Lipinski definition) is 4. The van der Waals surface area contributed by atoms with Crippen molar-refractivity contribution in [2.24, 2.45) is 17.8 Å². The first-order valence-electron chi connectivity index (χ1n) is 8.87. The number of ether oxygens (including phenoxy) is 2. The summed E-state index contributed by atoms with van der Waals surface area (Å²) in [6.07, 6.45) is 3.54. The zero-order chi connectivity index (χ0) is 17.6. The van der Waals surface area contributed by atoms with E-state index in [0.29, 0.717) is 19.0 Å². The van der Waals surface area contributed by atoms with Crippen molar-refractivity contribution in [2.75, 3.05) is 13.1 Å². The Balaban J connectivity index is 1.50. The van der Waals surface area contributed by atoms with Gasteiger partial charge in [-0.05, 0) is 11.5 Å². The fourth-order valence-electron chi connectivity index (χ4n) is 4.27. The van der Waals surface area contributed by atoms with Gasteiger partial charge in [-0.3, -0.25) is 9.59 Å². The second-order valence-corrected chi connectivity index (χ2v) is 7.61. The highest BCUT2D eigenvalue weighted by Gasteiger charge is 2.67. The molecule has 1 amide bonds. The molecule has 3 aliphatic rings. The van der Waals surface area contributed by atoms with E-state index in [1.165, 1.54) is 0 Å². The maximum absolute atomic E-state index is 12.9. The summed E-state index contributed by atoms with van der Waals surface area (Å²) in [7, 11) is 0. The highest BCUT2D eigenvalue weighted by atomic mass is 16.6. The van der Waals surface area contributed by atoms with Crippen molar-refractivity contribution in [3.05, 3.63) is 48.0 Å². The maximum atomic E-state index is 12.9. The first-order chi connectivity index (χ1) is 12.0. The summed E-state index contributed by atoms with van der Waals surface area (Å²) in [5.74, 6) is -0.946. The van der Waals surface area contributed by atoms with E-state index < -0.39 is 17.4 Å². The summed E-state index contributed by atoms with van der Waals surface area (Å²) in [5.41, 5.74) is 0.289. The van der Waals surface area contributed by atoms with Gasteiger partial charge in [-0.25, -0.2) is 0 Å². The molecule has 0 unspecified atom stereocenters. The zero-order valence-electron chi connectivity index (χ0n) is 14.6. The van der Waals surface area contributed by atoms with Crippen LogP contribution in [-0.4, -0.2) is 41.6 Å². The van der Waals surface area contributed by atoms with Crippen LogP contribution >= 0.6 is 0 Å². The van der Waals surface area contributed by atoms with Crippen LogP contribution in [0, 0.1) is 17.8 Å². The minimum absolute atomic E-state index is 0.0159. The number of carbonyl (C=O) groups excluding carboxylic acids is 2. The topological polar surface area (TPSA) is 55.8 Å². The van der Waals surface area contributed by atoms with Gasteiger partial charge < -0.3 is 14.4 Å². The molecule has 5 heteroatoms. The lowest BCUT2D eigenvalue weighted by Crippen LogP contribution is -2.40. The van der Waals surface area contributed by atoms with E-state index in [9.17, 15) is 9.59 Å². The number of carbonyl (C=O) groups is 2. The number of esters is 1. The second-order valence-electron chi connectivity index (χ2n) is 7.61. The van der Waals surface area contributed by atoms with E-state index in [0.717, 1.165) is 5.56 Å². The molecule has 4 atom stereocenters. The number of benzene rings is 1. The first-order valence-corrected chi connectivity index (χ1v) is 8.87. The molecule has 5 nitrogen and oxygen atoms in total. The molecule has 0 aliphatic carbocycles. The minimum Gasteiger partial charge on any atom is -0.460 e. The van der Waals surface area contributed by atoms with Crippen molar-refractivity contribution >= 4 is 11.9 Å². The van der Waals surface area contributed by atoms with Gasteiger partial charge in [0.15, 0.2) is 0 Å². The van der Waals surface area contributed by atoms with Crippen molar-refractivity contribution in [3.8, 4) is 0 Å². The van der Waals surface area contributed by atoms with Gasteiger partial charge in [0, 0.05) is 6.54 Å². The fraction of sp³-hybridized carbons (Fsp3) is 0.500. The van der Waals surface area contributed by atoms with Crippen molar-refractivity contribution in [1.82, 2.24) is 4.90 Å². The van der Waals surface area contributed by atoms with Gasteiger partial charge in [-0.2, -0.15) is 0 Å². The number of fused-ring (bicyclic) bond motifs is 1. The van der Waals surface area contributed by atoms with Gasteiger partial charge in [0.2, 0.25) is 5.91 Å². The second kappa shape index (κ2) is 5.99. The number of rotatable bonds is 5. The van der Waals surface area contributed by atoms with E-state index in [1.54, 1.807) is 0 Å². The third-order valence-electron chi connectivity index (χ3n) is 5.26. The summed E-state index contributed by atoms with van der Waals surface area (Å²) in [6, 6.07) is 9.57. The van der Waals surface area contributed by atoms with E-state index in [1.807, 2.05) is 47.4 Å². The molecule has 1 aromatic carbocycles. The Morgan fingerprint density at radius 3 is 2.84 bits per heavy atom. The summed E-state index contributed by atoms with van der Waals surface area (Å²) in [4.78, 5) is 27.4. The van der Waals surface area contributed by atoms with E-state index in [2.05, 4.69) is 13.8 Å². The molecule has 4 rings (SSSR count). The Kier molecular flexibility index (Phi) is 3.91. The van der Waals surface area contributed by atoms with Crippen molar-refractivity contribution in [3.63, 3.8) is 0 Å². The number of nitrogens with zero attached hydrogens (tertiary/aromatic N) is 1. The molecule has 132 valence electrons. The Morgan fingerprint density at radius 2 is 2.12 bits per heavy atom. The van der Waals surface area contributed by atoms with E-state index >= 15 is 0 Å². The van der Waals surface area contributed by atoms with Gasteiger partial charge in [-0.1, -0.05) is 56.3 Å². The van der Waals surface area contributed by atoms with Crippen molar-refractivity contribution in [1.29, 1.82) is 0 Å². The normalized spacial score (nSPS) is 32.5. The summed E-state index contributed by atoms with van der Waals surface area (Å²) < 4.78 is 11.6. The van der Waals surface area contributed by atoms with E-state index in [4.69, 9.17) is 9.47 Å². The van der Waals surface area contributed by atoms with Gasteiger partial charge in [-0.15, -0.1) is 0 Å². The quantitative estimate of drug-likeness (QED) is 0.608. The maximum Gasteiger partial charge on any atom is 0.313 e. The van der Waals surface area contributed by atoms with Crippen LogP contribution < -0.4 is 0 Å². The van der Waals surface area contributed by atoms with Crippen LogP contribution in [0.2, 0.25) is 0 Å². The molecule has 0 aromatic heterocycles. The lowest BCUT2D eigenvalue weighted by Gasteiger charge is -2.23. The average Bonchev–Trinajstić information content (AvgIpc) is 3.22. The fourth-order valence-corrected chi connectivity index (χ4v) is 4.27. The van der Waals surface area contributed by atoms with Crippen LogP contribution in [0.15, 0.2) is 42.5 Å².